The second kappa shape index (κ2) is 5.65. The molecule has 1 amide bonds. The van der Waals surface area contributed by atoms with Gasteiger partial charge in [0.05, 0.1) is 4.88 Å². The third-order valence-electron chi connectivity index (χ3n) is 3.19. The Kier molecular flexibility index (Phi) is 4.18. The first kappa shape index (κ1) is 12.6. The number of hydrogen-bond donors (Lipinski definition) is 2. The standard InChI is InChI=1S/C13H20N2OS/c1-3-11-4-5-12(17-11)13(16)15-10-6-7-14-9(2)8-10/h4-5,9-10,14H,3,6-8H2,1-2H3,(H,15,16). The molecule has 0 saturated carbocycles. The number of nitrogens with one attached hydrogen (secondary N) is 2. The van der Waals surface area contributed by atoms with Crippen LogP contribution in [0.1, 0.15) is 41.2 Å². The predicted octanol–water partition coefficient (Wildman–Crippen LogP) is 2.18. The van der Waals surface area contributed by atoms with Gasteiger partial charge in [0.15, 0.2) is 0 Å². The second-order valence-electron chi connectivity index (χ2n) is 4.67. The zero-order chi connectivity index (χ0) is 12.3. The summed E-state index contributed by atoms with van der Waals surface area (Å²) in [4.78, 5) is 14.1. The number of amides is 1. The number of rotatable bonds is 3. The van der Waals surface area contributed by atoms with Crippen molar-refractivity contribution in [3.8, 4) is 0 Å². The monoisotopic (exact) mass is 252 g/mol. The van der Waals surface area contributed by atoms with Crippen LogP contribution in [0.5, 0.6) is 0 Å². The topological polar surface area (TPSA) is 41.1 Å². The minimum atomic E-state index is 0.0915. The van der Waals surface area contributed by atoms with Crippen LogP contribution in [0.25, 0.3) is 0 Å². The van der Waals surface area contributed by atoms with Gasteiger partial charge >= 0.3 is 0 Å². The summed E-state index contributed by atoms with van der Waals surface area (Å²) >= 11 is 1.60. The molecule has 17 heavy (non-hydrogen) atoms. The molecule has 0 spiro atoms. The molecule has 1 aliphatic heterocycles. The quantitative estimate of drug-likeness (QED) is 0.865. The first-order valence-corrected chi connectivity index (χ1v) is 7.13. The van der Waals surface area contributed by atoms with Crippen molar-refractivity contribution < 1.29 is 4.79 Å². The van der Waals surface area contributed by atoms with E-state index in [4.69, 9.17) is 0 Å². The van der Waals surface area contributed by atoms with E-state index < -0.39 is 0 Å². The molecule has 2 rings (SSSR count). The highest BCUT2D eigenvalue weighted by Crippen LogP contribution is 2.17. The van der Waals surface area contributed by atoms with Gasteiger partial charge in [-0.15, -0.1) is 11.3 Å². The molecular weight excluding hydrogens is 232 g/mol. The highest BCUT2D eigenvalue weighted by Gasteiger charge is 2.20. The molecule has 2 heterocycles. The fourth-order valence-corrected chi connectivity index (χ4v) is 3.06. The van der Waals surface area contributed by atoms with Crippen molar-refractivity contribution in [1.29, 1.82) is 0 Å². The maximum Gasteiger partial charge on any atom is 0.261 e. The van der Waals surface area contributed by atoms with Crippen LogP contribution in [0.15, 0.2) is 12.1 Å². The summed E-state index contributed by atoms with van der Waals surface area (Å²) in [6, 6.07) is 4.81. The van der Waals surface area contributed by atoms with E-state index in [1.54, 1.807) is 11.3 Å². The van der Waals surface area contributed by atoms with E-state index in [0.29, 0.717) is 12.1 Å². The molecule has 1 saturated heterocycles. The van der Waals surface area contributed by atoms with E-state index in [1.807, 2.05) is 12.1 Å². The van der Waals surface area contributed by atoms with Crippen LogP contribution in [0.4, 0.5) is 0 Å². The normalized spacial score (nSPS) is 24.6. The van der Waals surface area contributed by atoms with E-state index in [9.17, 15) is 4.79 Å². The lowest BCUT2D eigenvalue weighted by molar-refractivity contribution is 0.0930. The minimum Gasteiger partial charge on any atom is -0.349 e. The van der Waals surface area contributed by atoms with E-state index >= 15 is 0 Å². The number of carbonyl (C=O) groups is 1. The summed E-state index contributed by atoms with van der Waals surface area (Å²) in [5.41, 5.74) is 0. The van der Waals surface area contributed by atoms with Crippen molar-refractivity contribution in [3.05, 3.63) is 21.9 Å². The molecule has 0 bridgehead atoms. The van der Waals surface area contributed by atoms with Gasteiger partial charge in [0.1, 0.15) is 0 Å². The van der Waals surface area contributed by atoms with Gasteiger partial charge in [-0.25, -0.2) is 0 Å². The molecule has 1 aromatic rings. The van der Waals surface area contributed by atoms with Crippen LogP contribution in [0.3, 0.4) is 0 Å². The summed E-state index contributed by atoms with van der Waals surface area (Å²) in [6.45, 7) is 5.28. The van der Waals surface area contributed by atoms with Crippen LogP contribution in [-0.4, -0.2) is 24.5 Å². The van der Waals surface area contributed by atoms with Crippen LogP contribution < -0.4 is 10.6 Å². The largest absolute Gasteiger partial charge is 0.349 e. The van der Waals surface area contributed by atoms with Crippen molar-refractivity contribution in [2.24, 2.45) is 0 Å². The molecule has 2 unspecified atom stereocenters. The number of piperidine rings is 1. The number of hydrogen-bond acceptors (Lipinski definition) is 3. The fourth-order valence-electron chi connectivity index (χ4n) is 2.21. The van der Waals surface area contributed by atoms with E-state index in [2.05, 4.69) is 24.5 Å². The molecule has 4 heteroatoms. The van der Waals surface area contributed by atoms with Crippen molar-refractivity contribution in [2.45, 2.75) is 45.2 Å². The molecule has 94 valence electrons. The van der Waals surface area contributed by atoms with Gasteiger partial charge in [0.2, 0.25) is 0 Å². The molecular formula is C13H20N2OS. The average molecular weight is 252 g/mol. The molecule has 2 atom stereocenters. The zero-order valence-electron chi connectivity index (χ0n) is 10.5. The Morgan fingerprint density at radius 1 is 1.59 bits per heavy atom. The minimum absolute atomic E-state index is 0.0915. The Balaban J connectivity index is 1.92. The summed E-state index contributed by atoms with van der Waals surface area (Å²) in [5, 5.41) is 6.52. The van der Waals surface area contributed by atoms with Crippen LogP contribution >= 0.6 is 11.3 Å². The van der Waals surface area contributed by atoms with Crippen LogP contribution in [0.2, 0.25) is 0 Å². The Bertz CT molecular complexity index is 389. The average Bonchev–Trinajstić information content (AvgIpc) is 2.77. The number of aryl methyl sites for hydroxylation is 1. The van der Waals surface area contributed by atoms with Gasteiger partial charge in [-0.05, 0) is 44.9 Å². The summed E-state index contributed by atoms with van der Waals surface area (Å²) in [6.07, 6.45) is 3.06. The van der Waals surface area contributed by atoms with Gasteiger partial charge in [-0.2, -0.15) is 0 Å². The highest BCUT2D eigenvalue weighted by molar-refractivity contribution is 7.14. The van der Waals surface area contributed by atoms with Gasteiger partial charge in [0, 0.05) is 17.0 Å². The molecule has 0 aromatic carbocycles. The van der Waals surface area contributed by atoms with Crippen molar-refractivity contribution in [2.75, 3.05) is 6.54 Å². The number of thiophene rings is 1. The lowest BCUT2D eigenvalue weighted by atomic mass is 10.0. The van der Waals surface area contributed by atoms with Crippen LogP contribution in [-0.2, 0) is 6.42 Å². The van der Waals surface area contributed by atoms with Crippen molar-refractivity contribution in [1.82, 2.24) is 10.6 Å². The van der Waals surface area contributed by atoms with E-state index in [0.717, 1.165) is 30.7 Å². The van der Waals surface area contributed by atoms with Crippen molar-refractivity contribution in [3.63, 3.8) is 0 Å². The molecule has 1 aromatic heterocycles. The fraction of sp³-hybridized carbons (Fsp3) is 0.615. The van der Waals surface area contributed by atoms with Gasteiger partial charge < -0.3 is 10.6 Å². The SMILES string of the molecule is CCc1ccc(C(=O)NC2CCNC(C)C2)s1. The van der Waals surface area contributed by atoms with Crippen molar-refractivity contribution >= 4 is 17.2 Å². The van der Waals surface area contributed by atoms with Gasteiger partial charge in [-0.3, -0.25) is 4.79 Å². The second-order valence-corrected chi connectivity index (χ2v) is 5.84. The number of carbonyl (C=O) groups excluding carboxylic acids is 1. The van der Waals surface area contributed by atoms with Gasteiger partial charge in [0.25, 0.3) is 5.91 Å². The zero-order valence-corrected chi connectivity index (χ0v) is 11.3. The summed E-state index contributed by atoms with van der Waals surface area (Å²) in [7, 11) is 0. The Hall–Kier alpha value is -0.870. The Morgan fingerprint density at radius 2 is 2.41 bits per heavy atom. The lowest BCUT2D eigenvalue weighted by Crippen LogP contribution is -2.46. The Morgan fingerprint density at radius 3 is 3.06 bits per heavy atom. The molecule has 0 aliphatic carbocycles. The first-order chi connectivity index (χ1) is 8.19. The highest BCUT2D eigenvalue weighted by atomic mass is 32.1. The lowest BCUT2D eigenvalue weighted by Gasteiger charge is -2.28. The maximum atomic E-state index is 12.0. The first-order valence-electron chi connectivity index (χ1n) is 6.32. The molecule has 1 aliphatic rings. The van der Waals surface area contributed by atoms with Gasteiger partial charge in [-0.1, -0.05) is 6.92 Å². The summed E-state index contributed by atoms with van der Waals surface area (Å²) in [5.74, 6) is 0.0915. The third kappa shape index (κ3) is 3.30. The predicted molar refractivity (Wildman–Crippen MR) is 71.6 cm³/mol. The third-order valence-corrected chi connectivity index (χ3v) is 4.42. The maximum absolute atomic E-state index is 12.0. The summed E-state index contributed by atoms with van der Waals surface area (Å²) < 4.78 is 0. The molecule has 2 N–H and O–H groups in total. The molecule has 1 fully saturated rings. The Labute approximate surface area is 107 Å². The smallest absolute Gasteiger partial charge is 0.261 e. The van der Waals surface area contributed by atoms with E-state index in [1.165, 1.54) is 4.88 Å². The molecule has 0 radical (unpaired) electrons. The van der Waals surface area contributed by atoms with Crippen LogP contribution in [0, 0.1) is 0 Å². The van der Waals surface area contributed by atoms with E-state index in [-0.39, 0.29) is 5.91 Å². The molecule has 3 nitrogen and oxygen atoms in total.